The minimum Gasteiger partial charge on any atom is -0.491 e. The zero-order valence-corrected chi connectivity index (χ0v) is 17.2. The van der Waals surface area contributed by atoms with Crippen LogP contribution in [0.2, 0.25) is 0 Å². The fourth-order valence-electron chi connectivity index (χ4n) is 3.13. The summed E-state index contributed by atoms with van der Waals surface area (Å²) in [6, 6.07) is 16.3. The molecule has 2 aromatic carbocycles. The van der Waals surface area contributed by atoms with E-state index < -0.39 is 0 Å². The molecule has 0 N–H and O–H groups in total. The van der Waals surface area contributed by atoms with E-state index in [1.54, 1.807) is 0 Å². The van der Waals surface area contributed by atoms with Gasteiger partial charge in [0.05, 0.1) is 18.1 Å². The summed E-state index contributed by atoms with van der Waals surface area (Å²) < 4.78 is 11.5. The number of hydrogen-bond acceptors (Lipinski definition) is 2. The van der Waals surface area contributed by atoms with Crippen LogP contribution in [0.1, 0.15) is 44.4 Å². The van der Waals surface area contributed by atoms with Crippen molar-refractivity contribution in [2.24, 2.45) is 5.92 Å². The zero-order chi connectivity index (χ0) is 19.0. The Kier molecular flexibility index (Phi) is 7.99. The molecule has 0 saturated heterocycles. The summed E-state index contributed by atoms with van der Waals surface area (Å²) in [5, 5.41) is 0. The summed E-state index contributed by atoms with van der Waals surface area (Å²) in [6.07, 6.45) is 1.94. The molecule has 0 amide bonds. The predicted octanol–water partition coefficient (Wildman–Crippen LogP) is 6.00. The highest BCUT2D eigenvalue weighted by molar-refractivity contribution is 6.23. The van der Waals surface area contributed by atoms with Crippen LogP contribution in [0, 0.1) is 5.92 Å². The molecule has 0 aliphatic heterocycles. The number of rotatable bonds is 10. The first-order chi connectivity index (χ1) is 12.4. The van der Waals surface area contributed by atoms with Crippen molar-refractivity contribution in [1.82, 2.24) is 0 Å². The van der Waals surface area contributed by atoms with E-state index in [4.69, 9.17) is 21.1 Å². The van der Waals surface area contributed by atoms with E-state index in [-0.39, 0.29) is 4.87 Å². The quantitative estimate of drug-likeness (QED) is 0.375. The lowest BCUT2D eigenvalue weighted by Crippen LogP contribution is -2.16. The van der Waals surface area contributed by atoms with Crippen LogP contribution in [-0.2, 0) is 22.5 Å². The Morgan fingerprint density at radius 2 is 1.65 bits per heavy atom. The van der Waals surface area contributed by atoms with Gasteiger partial charge in [-0.25, -0.2) is 0 Å². The first-order valence-electron chi connectivity index (χ1n) is 9.43. The lowest BCUT2D eigenvalue weighted by Gasteiger charge is -2.24. The minimum atomic E-state index is -0.376. The molecule has 0 heterocycles. The Morgan fingerprint density at radius 3 is 2.31 bits per heavy atom. The van der Waals surface area contributed by atoms with Crippen molar-refractivity contribution in [3.05, 3.63) is 65.2 Å². The summed E-state index contributed by atoms with van der Waals surface area (Å²) in [5.74, 6) is 1.49. The monoisotopic (exact) mass is 374 g/mol. The molecule has 0 unspecified atom stereocenters. The van der Waals surface area contributed by atoms with Gasteiger partial charge < -0.3 is 9.47 Å². The van der Waals surface area contributed by atoms with Crippen LogP contribution in [0.4, 0.5) is 0 Å². The van der Waals surface area contributed by atoms with Crippen molar-refractivity contribution >= 4 is 11.6 Å². The van der Waals surface area contributed by atoms with E-state index in [0.717, 1.165) is 18.6 Å². The highest BCUT2D eigenvalue weighted by Gasteiger charge is 2.22. The Morgan fingerprint density at radius 1 is 0.923 bits per heavy atom. The lowest BCUT2D eigenvalue weighted by atomic mass is 9.88. The number of benzene rings is 2. The summed E-state index contributed by atoms with van der Waals surface area (Å²) in [5.41, 5.74) is 3.93. The van der Waals surface area contributed by atoms with E-state index in [1.165, 1.54) is 16.7 Å². The Bertz CT molecular complexity index is 660. The summed E-state index contributed by atoms with van der Waals surface area (Å²) in [7, 11) is 0. The van der Waals surface area contributed by atoms with Gasteiger partial charge in [0.25, 0.3) is 0 Å². The Hall–Kier alpha value is -1.51. The van der Waals surface area contributed by atoms with Crippen LogP contribution in [0.25, 0.3) is 0 Å². The molecule has 0 fully saturated rings. The number of alkyl halides is 1. The third-order valence-electron chi connectivity index (χ3n) is 4.28. The van der Waals surface area contributed by atoms with Crippen molar-refractivity contribution in [1.29, 1.82) is 0 Å². The maximum Gasteiger partial charge on any atom is 0.119 e. The molecule has 0 aliphatic rings. The maximum absolute atomic E-state index is 6.64. The van der Waals surface area contributed by atoms with Gasteiger partial charge in [0.15, 0.2) is 0 Å². The van der Waals surface area contributed by atoms with Crippen LogP contribution in [0.3, 0.4) is 0 Å². The van der Waals surface area contributed by atoms with Gasteiger partial charge in [-0.05, 0) is 61.4 Å². The van der Waals surface area contributed by atoms with Crippen molar-refractivity contribution in [3.63, 3.8) is 0 Å². The SMILES string of the molecule is CC(C)Cc1cccc(C(C)(C)Cl)c1CCOCCOc1ccccc1. The normalized spacial score (nSPS) is 11.8. The van der Waals surface area contributed by atoms with E-state index in [9.17, 15) is 0 Å². The zero-order valence-electron chi connectivity index (χ0n) is 16.4. The van der Waals surface area contributed by atoms with Crippen LogP contribution in [-0.4, -0.2) is 19.8 Å². The van der Waals surface area contributed by atoms with Gasteiger partial charge in [-0.3, -0.25) is 0 Å². The van der Waals surface area contributed by atoms with E-state index >= 15 is 0 Å². The van der Waals surface area contributed by atoms with Gasteiger partial charge in [-0.2, -0.15) is 0 Å². The molecule has 0 saturated carbocycles. The molecule has 26 heavy (non-hydrogen) atoms. The van der Waals surface area contributed by atoms with Crippen molar-refractivity contribution in [2.75, 3.05) is 19.8 Å². The van der Waals surface area contributed by atoms with Crippen molar-refractivity contribution in [3.8, 4) is 5.75 Å². The highest BCUT2D eigenvalue weighted by Crippen LogP contribution is 2.33. The molecule has 0 atom stereocenters. The van der Waals surface area contributed by atoms with Gasteiger partial charge in [0.2, 0.25) is 0 Å². The van der Waals surface area contributed by atoms with Crippen LogP contribution in [0.5, 0.6) is 5.75 Å². The van der Waals surface area contributed by atoms with Gasteiger partial charge in [0, 0.05) is 0 Å². The second-order valence-corrected chi connectivity index (χ2v) is 8.48. The summed E-state index contributed by atoms with van der Waals surface area (Å²) in [4.78, 5) is -0.376. The number of ether oxygens (including phenoxy) is 2. The molecule has 142 valence electrons. The maximum atomic E-state index is 6.64. The number of hydrogen-bond donors (Lipinski definition) is 0. The largest absolute Gasteiger partial charge is 0.491 e. The molecular formula is C23H31ClO2. The van der Waals surface area contributed by atoms with Crippen molar-refractivity contribution in [2.45, 2.75) is 45.4 Å². The number of para-hydroxylation sites is 1. The van der Waals surface area contributed by atoms with E-state index in [1.807, 2.05) is 30.3 Å². The standard InChI is InChI=1S/C23H31ClO2/c1-18(2)17-19-9-8-12-22(23(3,4)24)21(19)13-14-25-15-16-26-20-10-6-5-7-11-20/h5-12,18H,13-17H2,1-4H3. The molecular weight excluding hydrogens is 344 g/mol. The van der Waals surface area contributed by atoms with Crippen LogP contribution >= 0.6 is 11.6 Å². The smallest absolute Gasteiger partial charge is 0.119 e. The number of halogens is 1. The second kappa shape index (κ2) is 9.99. The van der Waals surface area contributed by atoms with Crippen molar-refractivity contribution < 1.29 is 9.47 Å². The first-order valence-corrected chi connectivity index (χ1v) is 9.81. The van der Waals surface area contributed by atoms with Gasteiger partial charge in [-0.1, -0.05) is 50.2 Å². The summed E-state index contributed by atoms with van der Waals surface area (Å²) in [6.45, 7) is 10.4. The lowest BCUT2D eigenvalue weighted by molar-refractivity contribution is 0.102. The average molecular weight is 375 g/mol. The molecule has 0 aromatic heterocycles. The Labute approximate surface area is 163 Å². The molecule has 0 bridgehead atoms. The second-order valence-electron chi connectivity index (χ2n) is 7.54. The third-order valence-corrected chi connectivity index (χ3v) is 4.48. The molecule has 0 radical (unpaired) electrons. The van der Waals surface area contributed by atoms with E-state index in [0.29, 0.717) is 25.7 Å². The topological polar surface area (TPSA) is 18.5 Å². The average Bonchev–Trinajstić information content (AvgIpc) is 2.58. The molecule has 3 heteroatoms. The molecule has 0 aliphatic carbocycles. The molecule has 2 aromatic rings. The Balaban J connectivity index is 1.90. The summed E-state index contributed by atoms with van der Waals surface area (Å²) >= 11 is 6.64. The fraction of sp³-hybridized carbons (Fsp3) is 0.478. The highest BCUT2D eigenvalue weighted by atomic mass is 35.5. The molecule has 0 spiro atoms. The van der Waals surface area contributed by atoms with E-state index in [2.05, 4.69) is 45.9 Å². The minimum absolute atomic E-state index is 0.376. The molecule has 2 nitrogen and oxygen atoms in total. The van der Waals surface area contributed by atoms with Gasteiger partial charge >= 0.3 is 0 Å². The van der Waals surface area contributed by atoms with Crippen LogP contribution in [0.15, 0.2) is 48.5 Å². The van der Waals surface area contributed by atoms with Crippen LogP contribution < -0.4 is 4.74 Å². The molecule has 2 rings (SSSR count). The predicted molar refractivity (Wildman–Crippen MR) is 110 cm³/mol. The first kappa shape index (κ1) is 20.8. The fourth-order valence-corrected chi connectivity index (χ4v) is 3.31. The third kappa shape index (κ3) is 6.66. The van der Waals surface area contributed by atoms with Gasteiger partial charge in [-0.15, -0.1) is 11.6 Å². The van der Waals surface area contributed by atoms with Gasteiger partial charge in [0.1, 0.15) is 12.4 Å².